The monoisotopic (exact) mass is 159 g/mol. The van der Waals surface area contributed by atoms with E-state index in [1.54, 1.807) is 7.11 Å². The van der Waals surface area contributed by atoms with Crippen molar-refractivity contribution in [2.45, 2.75) is 12.5 Å². The van der Waals surface area contributed by atoms with Crippen LogP contribution in [0.25, 0.3) is 0 Å². The van der Waals surface area contributed by atoms with Crippen molar-refractivity contribution in [3.63, 3.8) is 0 Å². The molecule has 0 aromatic heterocycles. The van der Waals surface area contributed by atoms with Gasteiger partial charge in [0.2, 0.25) is 0 Å². The van der Waals surface area contributed by atoms with Gasteiger partial charge in [-0.1, -0.05) is 6.08 Å². The van der Waals surface area contributed by atoms with Gasteiger partial charge in [-0.05, 0) is 19.0 Å². The molecule has 0 aromatic rings. The van der Waals surface area contributed by atoms with Crippen molar-refractivity contribution < 1.29 is 4.43 Å². The molecular weight excluding hydrogens is 142 g/mol. The first-order valence-corrected chi connectivity index (χ1v) is 5.30. The third-order valence-corrected chi connectivity index (χ3v) is 2.44. The van der Waals surface area contributed by atoms with E-state index in [0.29, 0.717) is 0 Å². The summed E-state index contributed by atoms with van der Waals surface area (Å²) < 4.78 is 5.04. The summed E-state index contributed by atoms with van der Waals surface area (Å²) >= 11 is 0. The van der Waals surface area contributed by atoms with Crippen molar-refractivity contribution in [3.8, 4) is 0 Å². The molecule has 0 fully saturated rings. The van der Waals surface area contributed by atoms with Crippen LogP contribution in [0.5, 0.6) is 0 Å². The highest BCUT2D eigenvalue weighted by molar-refractivity contribution is 6.26. The maximum Gasteiger partial charge on any atom is 0.161 e. The van der Waals surface area contributed by atoms with E-state index in [0.717, 1.165) is 13.1 Å². The molecule has 10 heavy (non-hydrogen) atoms. The first-order valence-electron chi connectivity index (χ1n) is 3.72. The van der Waals surface area contributed by atoms with E-state index in [9.17, 15) is 0 Å². The Hall–Kier alpha value is -0.123. The van der Waals surface area contributed by atoms with Gasteiger partial charge < -0.3 is 9.74 Å². The average molecular weight is 159 g/mol. The molecule has 0 spiro atoms. The van der Waals surface area contributed by atoms with E-state index in [4.69, 9.17) is 4.43 Å². The number of hydrogen-bond donors (Lipinski definition) is 1. The summed E-state index contributed by atoms with van der Waals surface area (Å²) in [4.78, 5) is 0. The fraction of sp³-hybridized carbons (Fsp3) is 0.714. The fourth-order valence-electron chi connectivity index (χ4n) is 0.701. The van der Waals surface area contributed by atoms with Gasteiger partial charge in [-0.2, -0.15) is 0 Å². The van der Waals surface area contributed by atoms with E-state index in [-0.39, 0.29) is 9.76 Å². The van der Waals surface area contributed by atoms with Crippen molar-refractivity contribution in [3.05, 3.63) is 12.7 Å². The molecule has 0 amide bonds. The second-order valence-corrected chi connectivity index (χ2v) is 3.89. The van der Waals surface area contributed by atoms with Crippen LogP contribution in [0.2, 0.25) is 6.04 Å². The Morgan fingerprint density at radius 2 is 2.50 bits per heavy atom. The van der Waals surface area contributed by atoms with Crippen LogP contribution < -0.4 is 5.32 Å². The van der Waals surface area contributed by atoms with Crippen LogP contribution in [0.3, 0.4) is 0 Å². The third-order valence-electron chi connectivity index (χ3n) is 1.24. The van der Waals surface area contributed by atoms with Crippen molar-refractivity contribution in [2.24, 2.45) is 0 Å². The standard InChI is InChI=1S/C7H17NOSi/c1-3-5-8-6-4-7-10-9-2/h3,8H,1,4-7,10H2,2H3. The Bertz CT molecular complexity index is 78.0. The topological polar surface area (TPSA) is 21.3 Å². The van der Waals surface area contributed by atoms with Crippen LogP contribution in [-0.2, 0) is 4.43 Å². The molecule has 0 saturated carbocycles. The lowest BCUT2D eigenvalue weighted by Gasteiger charge is -1.99. The largest absolute Gasteiger partial charge is 0.427 e. The van der Waals surface area contributed by atoms with E-state index in [1.165, 1.54) is 12.5 Å². The molecule has 0 rings (SSSR count). The summed E-state index contributed by atoms with van der Waals surface area (Å²) in [6, 6.07) is 1.28. The summed E-state index contributed by atoms with van der Waals surface area (Å²) in [5, 5.41) is 3.24. The van der Waals surface area contributed by atoms with Gasteiger partial charge in [-0.15, -0.1) is 6.58 Å². The Balaban J connectivity index is 2.70. The zero-order valence-corrected chi connectivity index (χ0v) is 8.14. The molecule has 0 aromatic carbocycles. The second-order valence-electron chi connectivity index (χ2n) is 2.19. The molecule has 2 nitrogen and oxygen atoms in total. The second kappa shape index (κ2) is 8.88. The number of nitrogens with one attached hydrogen (secondary N) is 1. The quantitative estimate of drug-likeness (QED) is 0.328. The molecule has 0 radical (unpaired) electrons. The molecule has 0 heterocycles. The first-order chi connectivity index (χ1) is 4.91. The minimum atomic E-state index is -0.178. The summed E-state index contributed by atoms with van der Waals surface area (Å²) in [6.45, 7) is 5.64. The van der Waals surface area contributed by atoms with E-state index in [1.807, 2.05) is 6.08 Å². The zero-order chi connectivity index (χ0) is 7.66. The maximum absolute atomic E-state index is 5.04. The maximum atomic E-state index is 5.04. The first kappa shape index (κ1) is 9.88. The SMILES string of the molecule is C=CCNCCC[SiH2]OC. The normalized spacial score (nSPS) is 10.9. The lowest BCUT2D eigenvalue weighted by Crippen LogP contribution is -2.15. The van der Waals surface area contributed by atoms with Crippen LogP contribution in [0, 0.1) is 0 Å². The van der Waals surface area contributed by atoms with Crippen molar-refractivity contribution in [1.29, 1.82) is 0 Å². The summed E-state index contributed by atoms with van der Waals surface area (Å²) in [5.41, 5.74) is 0. The zero-order valence-electron chi connectivity index (χ0n) is 6.73. The highest BCUT2D eigenvalue weighted by atomic mass is 28.2. The molecule has 0 saturated heterocycles. The van der Waals surface area contributed by atoms with Gasteiger partial charge >= 0.3 is 0 Å². The minimum absolute atomic E-state index is 0.178. The highest BCUT2D eigenvalue weighted by Crippen LogP contribution is 1.85. The van der Waals surface area contributed by atoms with Crippen molar-refractivity contribution >= 4 is 9.76 Å². The van der Waals surface area contributed by atoms with Crippen LogP contribution in [0.4, 0.5) is 0 Å². The molecule has 0 atom stereocenters. The Morgan fingerprint density at radius 3 is 3.10 bits per heavy atom. The van der Waals surface area contributed by atoms with Crippen LogP contribution in [0.15, 0.2) is 12.7 Å². The lowest BCUT2D eigenvalue weighted by molar-refractivity contribution is 0.439. The molecule has 0 bridgehead atoms. The predicted octanol–water partition coefficient (Wildman–Crippen LogP) is 0.301. The number of rotatable bonds is 7. The van der Waals surface area contributed by atoms with Crippen LogP contribution in [-0.4, -0.2) is 30.0 Å². The van der Waals surface area contributed by atoms with E-state index < -0.39 is 0 Å². The van der Waals surface area contributed by atoms with Gasteiger partial charge in [-0.25, -0.2) is 0 Å². The van der Waals surface area contributed by atoms with Gasteiger partial charge in [0.05, 0.1) is 0 Å². The van der Waals surface area contributed by atoms with Gasteiger partial charge in [0, 0.05) is 13.7 Å². The van der Waals surface area contributed by atoms with Crippen LogP contribution >= 0.6 is 0 Å². The average Bonchev–Trinajstić information content (AvgIpc) is 1.97. The lowest BCUT2D eigenvalue weighted by atomic mass is 10.4. The Morgan fingerprint density at radius 1 is 1.70 bits per heavy atom. The summed E-state index contributed by atoms with van der Waals surface area (Å²) in [7, 11) is 1.62. The predicted molar refractivity (Wildman–Crippen MR) is 48.0 cm³/mol. The third kappa shape index (κ3) is 7.88. The van der Waals surface area contributed by atoms with Gasteiger partial charge in [0.15, 0.2) is 9.76 Å². The fourth-order valence-corrected chi connectivity index (χ4v) is 1.44. The Kier molecular flexibility index (Phi) is 8.77. The molecule has 1 N–H and O–H groups in total. The van der Waals surface area contributed by atoms with E-state index in [2.05, 4.69) is 11.9 Å². The molecule has 0 aliphatic carbocycles. The Labute approximate surface area is 65.6 Å². The van der Waals surface area contributed by atoms with Crippen molar-refractivity contribution in [1.82, 2.24) is 5.32 Å². The molecule has 60 valence electrons. The minimum Gasteiger partial charge on any atom is -0.427 e. The molecule has 3 heteroatoms. The van der Waals surface area contributed by atoms with Crippen LogP contribution in [0.1, 0.15) is 6.42 Å². The van der Waals surface area contributed by atoms with Gasteiger partial charge in [0.25, 0.3) is 0 Å². The van der Waals surface area contributed by atoms with Gasteiger partial charge in [-0.3, -0.25) is 0 Å². The summed E-state index contributed by atoms with van der Waals surface area (Å²) in [6.07, 6.45) is 3.13. The highest BCUT2D eigenvalue weighted by Gasteiger charge is 1.86. The van der Waals surface area contributed by atoms with Gasteiger partial charge in [0.1, 0.15) is 0 Å². The molecule has 0 aliphatic heterocycles. The smallest absolute Gasteiger partial charge is 0.161 e. The van der Waals surface area contributed by atoms with Crippen molar-refractivity contribution in [2.75, 3.05) is 20.2 Å². The molecular formula is C7H17NOSi. The summed E-state index contributed by atoms with van der Waals surface area (Å²) in [5.74, 6) is 0. The molecule has 0 unspecified atom stereocenters. The molecule has 0 aliphatic rings. The number of hydrogen-bond acceptors (Lipinski definition) is 2. The van der Waals surface area contributed by atoms with E-state index >= 15 is 0 Å².